The Morgan fingerprint density at radius 1 is 1.33 bits per heavy atom. The van der Waals surface area contributed by atoms with Gasteiger partial charge in [0.05, 0.1) is 12.4 Å². The third-order valence-electron chi connectivity index (χ3n) is 2.02. The normalized spacial score (nSPS) is 11.5. The zero-order chi connectivity index (χ0) is 13.0. The second kappa shape index (κ2) is 5.46. The van der Waals surface area contributed by atoms with Crippen molar-refractivity contribution in [1.82, 2.24) is 9.97 Å². The maximum atomic E-state index is 13.0. The third-order valence-corrected chi connectivity index (χ3v) is 2.93. The highest BCUT2D eigenvalue weighted by Gasteiger charge is 2.04. The molecule has 92 valence electrons. The van der Waals surface area contributed by atoms with Crippen molar-refractivity contribution in [3.8, 4) is 0 Å². The molecular weight excluding hydrogens is 255 g/mol. The second-order valence-electron chi connectivity index (χ2n) is 3.28. The van der Waals surface area contributed by atoms with Gasteiger partial charge in [0.2, 0.25) is 0 Å². The van der Waals surface area contributed by atoms with Gasteiger partial charge in [-0.05, 0) is 18.2 Å². The molecular formula is C11H9FN4OS. The summed E-state index contributed by atoms with van der Waals surface area (Å²) in [7, 11) is 0. The lowest BCUT2D eigenvalue weighted by molar-refractivity contribution is 0.318. The summed E-state index contributed by atoms with van der Waals surface area (Å²) >= 11 is 1.27. The van der Waals surface area contributed by atoms with Crippen LogP contribution in [-0.4, -0.2) is 21.0 Å². The van der Waals surface area contributed by atoms with Crippen LogP contribution in [0.1, 0.15) is 5.69 Å². The van der Waals surface area contributed by atoms with Crippen LogP contribution in [0.15, 0.2) is 51.7 Å². The van der Waals surface area contributed by atoms with Gasteiger partial charge >= 0.3 is 0 Å². The van der Waals surface area contributed by atoms with Gasteiger partial charge in [0, 0.05) is 4.90 Å². The highest BCUT2D eigenvalue weighted by Crippen LogP contribution is 2.25. The number of benzene rings is 1. The first kappa shape index (κ1) is 12.3. The fourth-order valence-electron chi connectivity index (χ4n) is 1.20. The molecule has 0 saturated heterocycles. The molecule has 0 unspecified atom stereocenters. The Labute approximate surface area is 107 Å². The van der Waals surface area contributed by atoms with Gasteiger partial charge in [-0.15, -0.1) is 0 Å². The lowest BCUT2D eigenvalue weighted by Gasteiger charge is -2.01. The van der Waals surface area contributed by atoms with Crippen LogP contribution in [0.4, 0.5) is 4.39 Å². The monoisotopic (exact) mass is 264 g/mol. The standard InChI is InChI=1S/C11H9FN4OS/c12-7-2-1-3-8(4-7)18-10-6-14-9(5-15-10)11(13)16-17/h1-6,17H,(H2,13,16). The summed E-state index contributed by atoms with van der Waals surface area (Å²) in [5.41, 5.74) is 5.64. The fraction of sp³-hybridized carbons (Fsp3) is 0. The van der Waals surface area contributed by atoms with Gasteiger partial charge in [0.15, 0.2) is 5.84 Å². The summed E-state index contributed by atoms with van der Waals surface area (Å²) in [5, 5.41) is 11.9. The zero-order valence-corrected chi connectivity index (χ0v) is 9.93. The van der Waals surface area contributed by atoms with E-state index in [0.29, 0.717) is 5.03 Å². The first-order chi connectivity index (χ1) is 8.69. The van der Waals surface area contributed by atoms with Gasteiger partial charge in [-0.1, -0.05) is 23.0 Å². The Kier molecular flexibility index (Phi) is 3.73. The van der Waals surface area contributed by atoms with E-state index in [1.54, 1.807) is 12.1 Å². The van der Waals surface area contributed by atoms with Crippen molar-refractivity contribution in [2.75, 3.05) is 0 Å². The summed E-state index contributed by atoms with van der Waals surface area (Å²) in [5.74, 6) is -0.411. The van der Waals surface area contributed by atoms with E-state index in [4.69, 9.17) is 10.9 Å². The third kappa shape index (κ3) is 2.95. The highest BCUT2D eigenvalue weighted by molar-refractivity contribution is 7.99. The number of aromatic nitrogens is 2. The Hall–Kier alpha value is -2.15. The molecule has 18 heavy (non-hydrogen) atoms. The predicted molar refractivity (Wildman–Crippen MR) is 65.1 cm³/mol. The molecule has 0 bridgehead atoms. The van der Waals surface area contributed by atoms with Gasteiger partial charge < -0.3 is 10.9 Å². The summed E-state index contributed by atoms with van der Waals surface area (Å²) in [6.07, 6.45) is 2.86. The number of amidine groups is 1. The minimum absolute atomic E-state index is 0.107. The quantitative estimate of drug-likeness (QED) is 0.382. The van der Waals surface area contributed by atoms with E-state index >= 15 is 0 Å². The smallest absolute Gasteiger partial charge is 0.190 e. The summed E-state index contributed by atoms with van der Waals surface area (Å²) in [6.45, 7) is 0. The number of halogens is 1. The van der Waals surface area contributed by atoms with Crippen molar-refractivity contribution in [3.05, 3.63) is 48.2 Å². The summed E-state index contributed by atoms with van der Waals surface area (Å²) < 4.78 is 13.0. The van der Waals surface area contributed by atoms with Crippen molar-refractivity contribution in [2.24, 2.45) is 10.9 Å². The largest absolute Gasteiger partial charge is 0.409 e. The lowest BCUT2D eigenvalue weighted by atomic mass is 10.4. The number of nitrogens with two attached hydrogens (primary N) is 1. The number of hydrogen-bond acceptors (Lipinski definition) is 5. The molecule has 1 heterocycles. The van der Waals surface area contributed by atoms with Gasteiger partial charge in [-0.25, -0.2) is 14.4 Å². The van der Waals surface area contributed by atoms with Crippen LogP contribution in [0.5, 0.6) is 0 Å². The van der Waals surface area contributed by atoms with E-state index in [9.17, 15) is 4.39 Å². The van der Waals surface area contributed by atoms with E-state index in [-0.39, 0.29) is 17.3 Å². The lowest BCUT2D eigenvalue weighted by Crippen LogP contribution is -2.15. The molecule has 0 amide bonds. The van der Waals surface area contributed by atoms with Crippen molar-refractivity contribution < 1.29 is 9.60 Å². The average molecular weight is 264 g/mol. The van der Waals surface area contributed by atoms with E-state index < -0.39 is 0 Å². The summed E-state index contributed by atoms with van der Waals surface area (Å²) in [6, 6.07) is 6.17. The molecule has 2 rings (SSSR count). The minimum Gasteiger partial charge on any atom is -0.409 e. The second-order valence-corrected chi connectivity index (χ2v) is 4.38. The van der Waals surface area contributed by atoms with E-state index in [0.717, 1.165) is 4.90 Å². The molecule has 0 saturated carbocycles. The molecule has 0 fully saturated rings. The number of oxime groups is 1. The Morgan fingerprint density at radius 2 is 2.17 bits per heavy atom. The van der Waals surface area contributed by atoms with Crippen molar-refractivity contribution >= 4 is 17.6 Å². The Balaban J connectivity index is 2.16. The molecule has 1 aromatic carbocycles. The zero-order valence-electron chi connectivity index (χ0n) is 9.12. The highest BCUT2D eigenvalue weighted by atomic mass is 32.2. The van der Waals surface area contributed by atoms with Crippen LogP contribution in [0.2, 0.25) is 0 Å². The fourth-order valence-corrected chi connectivity index (χ4v) is 1.97. The van der Waals surface area contributed by atoms with Gasteiger partial charge in [-0.2, -0.15) is 0 Å². The van der Waals surface area contributed by atoms with Crippen molar-refractivity contribution in [2.45, 2.75) is 9.92 Å². The van der Waals surface area contributed by atoms with Crippen molar-refractivity contribution in [3.63, 3.8) is 0 Å². The Bertz CT molecular complexity index is 574. The number of hydrogen-bond donors (Lipinski definition) is 2. The molecule has 2 aromatic rings. The van der Waals surface area contributed by atoms with Crippen molar-refractivity contribution in [1.29, 1.82) is 0 Å². The molecule has 0 spiro atoms. The number of nitrogens with zero attached hydrogens (tertiary/aromatic N) is 3. The first-order valence-electron chi connectivity index (χ1n) is 4.92. The Morgan fingerprint density at radius 3 is 2.78 bits per heavy atom. The van der Waals surface area contributed by atoms with Crippen LogP contribution in [0.25, 0.3) is 0 Å². The van der Waals surface area contributed by atoms with Gasteiger partial charge in [-0.3, -0.25) is 0 Å². The van der Waals surface area contributed by atoms with Gasteiger partial charge in [0.25, 0.3) is 0 Å². The molecule has 7 heteroatoms. The molecule has 3 N–H and O–H groups in total. The van der Waals surface area contributed by atoms with Crippen LogP contribution < -0.4 is 5.73 Å². The van der Waals surface area contributed by atoms with Crippen LogP contribution in [-0.2, 0) is 0 Å². The summed E-state index contributed by atoms with van der Waals surface area (Å²) in [4.78, 5) is 8.78. The van der Waals surface area contributed by atoms with E-state index in [1.807, 2.05) is 0 Å². The first-order valence-corrected chi connectivity index (χ1v) is 5.74. The molecule has 0 aliphatic rings. The topological polar surface area (TPSA) is 84.4 Å². The average Bonchev–Trinajstić information content (AvgIpc) is 2.39. The molecule has 0 radical (unpaired) electrons. The number of rotatable bonds is 3. The van der Waals surface area contributed by atoms with Gasteiger partial charge in [0.1, 0.15) is 16.5 Å². The molecule has 1 aromatic heterocycles. The van der Waals surface area contributed by atoms with Crippen LogP contribution in [0, 0.1) is 5.82 Å². The van der Waals surface area contributed by atoms with Crippen LogP contribution >= 0.6 is 11.8 Å². The molecule has 5 nitrogen and oxygen atoms in total. The minimum atomic E-state index is -0.304. The molecule has 0 atom stereocenters. The van der Waals surface area contributed by atoms with E-state index in [1.165, 1.54) is 36.3 Å². The molecule has 0 aliphatic heterocycles. The van der Waals surface area contributed by atoms with E-state index in [2.05, 4.69) is 15.1 Å². The maximum absolute atomic E-state index is 13.0. The maximum Gasteiger partial charge on any atom is 0.190 e. The SMILES string of the molecule is NC(=NO)c1cnc(Sc2cccc(F)c2)cn1. The molecule has 0 aliphatic carbocycles. The van der Waals surface area contributed by atoms with Crippen LogP contribution in [0.3, 0.4) is 0 Å². The predicted octanol–water partition coefficient (Wildman–Crippen LogP) is 1.86.